The van der Waals surface area contributed by atoms with Crippen LogP contribution in [0.5, 0.6) is 0 Å². The van der Waals surface area contributed by atoms with Crippen molar-refractivity contribution in [1.82, 2.24) is 26.5 Å². The highest BCUT2D eigenvalue weighted by Crippen LogP contribution is 1.96. The van der Waals surface area contributed by atoms with Crippen molar-refractivity contribution in [2.75, 3.05) is 21.1 Å². The van der Waals surface area contributed by atoms with Gasteiger partial charge in [0.05, 0.1) is 0 Å². The molecule has 37 heavy (non-hydrogen) atoms. The Morgan fingerprint density at radius 2 is 1.08 bits per heavy atom. The Balaban J connectivity index is -0.0000000303. The van der Waals surface area contributed by atoms with E-state index in [0.29, 0.717) is 24.6 Å². The summed E-state index contributed by atoms with van der Waals surface area (Å²) in [5.41, 5.74) is 19.7. The minimum absolute atomic E-state index is 0. The molecule has 0 aliphatic carbocycles. The van der Waals surface area contributed by atoms with Crippen LogP contribution in [0.3, 0.4) is 0 Å². The van der Waals surface area contributed by atoms with E-state index in [2.05, 4.69) is 44.1 Å². The van der Waals surface area contributed by atoms with Crippen molar-refractivity contribution >= 4 is 23.5 Å². The Morgan fingerprint density at radius 1 is 0.730 bits per heavy atom. The summed E-state index contributed by atoms with van der Waals surface area (Å²) in [4.78, 5) is 39.9. The lowest BCUT2D eigenvalue weighted by Gasteiger charge is -2.00. The van der Waals surface area contributed by atoms with E-state index in [4.69, 9.17) is 4.42 Å². The third-order valence-electron chi connectivity index (χ3n) is 2.27. The number of aromatic nitrogens is 2. The second-order valence-corrected chi connectivity index (χ2v) is 4.91. The number of nitrogens with one attached hydrogen (secondary N) is 3. The first kappa shape index (κ1) is 64.3. The standard InChI is InChI=1S/C5H10N2O2.C5H8N2O.C4H8O.C2H6N2O.3CH5N.4CH4/c1-3-5(9)7-6-4(2)8;1-3-5-7-6-4(2)8-5;1-3-4(2)5;1-2(5)4-3;3*1-2;;;;/h3H2,1-2H3,(H,6,8)(H,7,9);3H2,1-2H3;3H2,1-2H3;3H2,1H3,(H,4,5);3*2H2,1H3;4*1H4. The summed E-state index contributed by atoms with van der Waals surface area (Å²) < 4.78 is 5.01. The molecular formula is C23H63N9O5. The Kier molecular flexibility index (Phi) is 102. The van der Waals surface area contributed by atoms with Crippen LogP contribution in [0.15, 0.2) is 4.42 Å². The van der Waals surface area contributed by atoms with Gasteiger partial charge in [0.25, 0.3) is 0 Å². The number of rotatable bonds is 3. The van der Waals surface area contributed by atoms with E-state index in [-0.39, 0.29) is 53.2 Å². The molecule has 1 heterocycles. The Hall–Kier alpha value is -2.94. The van der Waals surface area contributed by atoms with Gasteiger partial charge in [-0.1, -0.05) is 50.5 Å². The number of Topliss-reactive ketones (excluding diaryl/α,β-unsaturated/α-hetero) is 1. The van der Waals surface area contributed by atoms with Crippen molar-refractivity contribution in [3.8, 4) is 0 Å². The molecule has 0 fully saturated rings. The van der Waals surface area contributed by atoms with Crippen molar-refractivity contribution < 1.29 is 23.6 Å². The molecule has 14 nitrogen and oxygen atoms in total. The Morgan fingerprint density at radius 3 is 1.22 bits per heavy atom. The maximum Gasteiger partial charge on any atom is 0.238 e. The quantitative estimate of drug-likeness (QED) is 0.164. The van der Waals surface area contributed by atoms with Gasteiger partial charge in [0.1, 0.15) is 5.78 Å². The lowest BCUT2D eigenvalue weighted by atomic mass is 10.4. The van der Waals surface area contributed by atoms with Crippen LogP contribution < -0.4 is 39.3 Å². The molecule has 1 aromatic rings. The zero-order valence-electron chi connectivity index (χ0n) is 21.9. The topological polar surface area (TPSA) is 247 Å². The zero-order valence-corrected chi connectivity index (χ0v) is 21.9. The third-order valence-corrected chi connectivity index (χ3v) is 2.27. The van der Waals surface area contributed by atoms with Gasteiger partial charge < -0.3 is 26.4 Å². The van der Waals surface area contributed by atoms with Crippen molar-refractivity contribution in [1.29, 1.82) is 0 Å². The highest BCUT2D eigenvalue weighted by molar-refractivity contribution is 5.80. The number of hydrogen-bond donors (Lipinski definition) is 7. The summed E-state index contributed by atoms with van der Waals surface area (Å²) >= 11 is 0. The summed E-state index contributed by atoms with van der Waals surface area (Å²) in [5, 5.41) is 7.39. The van der Waals surface area contributed by atoms with Gasteiger partial charge in [-0.25, -0.2) is 5.84 Å². The van der Waals surface area contributed by atoms with E-state index in [1.54, 1.807) is 20.8 Å². The van der Waals surface area contributed by atoms with Crippen LogP contribution in [-0.2, 0) is 25.6 Å². The number of ketones is 1. The normalized spacial score (nSPS) is 6.54. The smallest absolute Gasteiger partial charge is 0.238 e. The van der Waals surface area contributed by atoms with Gasteiger partial charge in [-0.15, -0.1) is 10.2 Å². The fraction of sp³-hybridized carbons (Fsp3) is 0.739. The monoisotopic (exact) mass is 545 g/mol. The molecular weight excluding hydrogens is 482 g/mol. The van der Waals surface area contributed by atoms with E-state index in [9.17, 15) is 19.2 Å². The fourth-order valence-electron chi connectivity index (χ4n) is 0.726. The maximum absolute atomic E-state index is 10.4. The van der Waals surface area contributed by atoms with Crippen LogP contribution >= 0.6 is 0 Å². The minimum atomic E-state index is -0.267. The molecule has 1 rings (SSSR count). The molecule has 14 heteroatoms. The van der Waals surface area contributed by atoms with Crippen LogP contribution in [0.2, 0.25) is 0 Å². The molecule has 230 valence electrons. The van der Waals surface area contributed by atoms with E-state index in [1.807, 2.05) is 19.3 Å². The first-order valence-corrected chi connectivity index (χ1v) is 10.1. The number of amides is 3. The lowest BCUT2D eigenvalue weighted by molar-refractivity contribution is -0.127. The number of aryl methyl sites for hydroxylation is 2. The molecule has 11 N–H and O–H groups in total. The van der Waals surface area contributed by atoms with Crippen LogP contribution in [0.4, 0.5) is 0 Å². The number of hydrazine groups is 2. The second kappa shape index (κ2) is 58.7. The maximum atomic E-state index is 10.4. The van der Waals surface area contributed by atoms with Crippen LogP contribution in [0.1, 0.15) is 95.9 Å². The molecule has 0 aromatic carbocycles. The third kappa shape index (κ3) is 87.8. The summed E-state index contributed by atoms with van der Waals surface area (Å²) in [6, 6.07) is 0. The predicted molar refractivity (Wildman–Crippen MR) is 157 cm³/mol. The second-order valence-electron chi connectivity index (χ2n) is 4.91. The van der Waals surface area contributed by atoms with E-state index in [1.165, 1.54) is 35.0 Å². The average Bonchev–Trinajstić information content (AvgIpc) is 3.27. The molecule has 0 bridgehead atoms. The molecule has 1 aromatic heterocycles. The molecule has 0 unspecified atom stereocenters. The van der Waals surface area contributed by atoms with E-state index in [0.717, 1.165) is 6.42 Å². The molecule has 0 saturated carbocycles. The largest absolute Gasteiger partial charge is 0.426 e. The summed E-state index contributed by atoms with van der Waals surface area (Å²) in [5.74, 6) is 5.50. The fourth-order valence-corrected chi connectivity index (χ4v) is 0.726. The first-order valence-electron chi connectivity index (χ1n) is 10.1. The molecule has 0 atom stereocenters. The number of nitrogens with two attached hydrogens (primary N) is 4. The van der Waals surface area contributed by atoms with Gasteiger partial charge in [-0.3, -0.25) is 30.7 Å². The van der Waals surface area contributed by atoms with E-state index < -0.39 is 0 Å². The summed E-state index contributed by atoms with van der Waals surface area (Å²) in [6.07, 6.45) is 1.86. The van der Waals surface area contributed by atoms with Gasteiger partial charge >= 0.3 is 0 Å². The summed E-state index contributed by atoms with van der Waals surface area (Å²) in [7, 11) is 4.50. The van der Waals surface area contributed by atoms with Gasteiger partial charge in [0.15, 0.2) is 0 Å². The van der Waals surface area contributed by atoms with Gasteiger partial charge in [-0.2, -0.15) is 0 Å². The van der Waals surface area contributed by atoms with Crippen LogP contribution in [0, 0.1) is 6.92 Å². The highest BCUT2D eigenvalue weighted by Gasteiger charge is 1.95. The van der Waals surface area contributed by atoms with Gasteiger partial charge in [0.2, 0.25) is 29.5 Å². The van der Waals surface area contributed by atoms with Crippen molar-refractivity contribution in [2.45, 2.75) is 97.4 Å². The molecule has 3 amide bonds. The Bertz CT molecular complexity index is 557. The van der Waals surface area contributed by atoms with Gasteiger partial charge in [-0.05, 0) is 28.1 Å². The first-order chi connectivity index (χ1) is 15.5. The Labute approximate surface area is 227 Å². The molecule has 0 saturated heterocycles. The van der Waals surface area contributed by atoms with Gasteiger partial charge in [0, 0.05) is 40.0 Å². The highest BCUT2D eigenvalue weighted by atomic mass is 16.4. The molecule has 0 radical (unpaired) electrons. The number of hydrogen-bond acceptors (Lipinski definition) is 11. The van der Waals surface area contributed by atoms with Crippen LogP contribution in [0.25, 0.3) is 0 Å². The van der Waals surface area contributed by atoms with Crippen molar-refractivity contribution in [2.24, 2.45) is 23.0 Å². The minimum Gasteiger partial charge on any atom is -0.426 e. The number of carbonyl (C=O) groups excluding carboxylic acids is 4. The molecule has 0 spiro atoms. The van der Waals surface area contributed by atoms with Crippen LogP contribution in [-0.4, -0.2) is 54.8 Å². The molecule has 0 aliphatic heterocycles. The SMILES string of the molecule is C.C.C.C.CC(=O)NN.CCC(=O)NNC(C)=O.CCC(C)=O.CCc1nnc(C)o1.CN.CN.CN. The summed E-state index contributed by atoms with van der Waals surface area (Å²) in [6.45, 7) is 11.6. The predicted octanol–water partition coefficient (Wildman–Crippen LogP) is 1.75. The average molecular weight is 546 g/mol. The van der Waals surface area contributed by atoms with Crippen molar-refractivity contribution in [3.63, 3.8) is 0 Å². The van der Waals surface area contributed by atoms with E-state index >= 15 is 0 Å². The zero-order chi connectivity index (χ0) is 27.8. The number of carbonyl (C=O) groups is 4. The lowest BCUT2D eigenvalue weighted by Crippen LogP contribution is -2.39. The number of nitrogens with zero attached hydrogens (tertiary/aromatic N) is 2. The molecule has 0 aliphatic rings. The van der Waals surface area contributed by atoms with Crippen molar-refractivity contribution in [3.05, 3.63) is 11.8 Å².